The number of benzene rings is 1. The number of anilines is 1. The lowest BCUT2D eigenvalue weighted by molar-refractivity contribution is -0.135. The van der Waals surface area contributed by atoms with Crippen molar-refractivity contribution in [1.82, 2.24) is 4.90 Å². The summed E-state index contributed by atoms with van der Waals surface area (Å²) < 4.78 is 13.2. The number of carbonyl (C=O) groups excluding carboxylic acids is 1. The van der Waals surface area contributed by atoms with E-state index in [1.54, 1.807) is 0 Å². The van der Waals surface area contributed by atoms with E-state index in [0.29, 0.717) is 18.8 Å². The average Bonchev–Trinajstić information content (AvgIpc) is 2.33. The summed E-state index contributed by atoms with van der Waals surface area (Å²) in [5, 5.41) is 8.95. The summed E-state index contributed by atoms with van der Waals surface area (Å²) >= 11 is 0. The first kappa shape index (κ1) is 15.9. The molecule has 0 bridgehead atoms. The third-order valence-corrected chi connectivity index (χ3v) is 2.71. The highest BCUT2D eigenvalue weighted by Crippen LogP contribution is 2.21. The van der Waals surface area contributed by atoms with Gasteiger partial charge >= 0.3 is 5.97 Å². The van der Waals surface area contributed by atoms with Crippen LogP contribution in [0.25, 0.3) is 0 Å². The highest BCUT2D eigenvalue weighted by molar-refractivity contribution is 5.99. The highest BCUT2D eigenvalue weighted by Gasteiger charge is 2.18. The number of hydrogen-bond donors (Lipinski definition) is 2. The van der Waals surface area contributed by atoms with Crippen molar-refractivity contribution >= 4 is 17.6 Å². The summed E-state index contributed by atoms with van der Waals surface area (Å²) in [5.74, 6) is -2.42. The van der Waals surface area contributed by atoms with Gasteiger partial charge in [0.1, 0.15) is 12.4 Å². The normalized spacial score (nSPS) is 10.6. The van der Waals surface area contributed by atoms with Gasteiger partial charge in [0, 0.05) is 13.1 Å². The quantitative estimate of drug-likeness (QED) is 0.755. The fourth-order valence-corrected chi connectivity index (χ4v) is 1.75. The lowest BCUT2D eigenvalue weighted by Crippen LogP contribution is -2.37. The van der Waals surface area contributed by atoms with Gasteiger partial charge in [-0.1, -0.05) is 0 Å². The van der Waals surface area contributed by atoms with Crippen LogP contribution in [0.3, 0.4) is 0 Å². The number of likely N-dealkylation sites (N-methyl/N-ethyl adjacent to an activating group) is 1. The van der Waals surface area contributed by atoms with Gasteiger partial charge in [-0.25, -0.2) is 4.39 Å². The Morgan fingerprint density at radius 1 is 1.30 bits per heavy atom. The van der Waals surface area contributed by atoms with E-state index in [9.17, 15) is 14.0 Å². The molecule has 1 aromatic carbocycles. The number of carbonyl (C=O) groups is 2. The third kappa shape index (κ3) is 4.51. The molecule has 1 rings (SSSR count). The molecular weight excluding hydrogens is 265 g/mol. The first-order valence-electron chi connectivity index (χ1n) is 6.02. The number of carboxylic acids is 1. The molecule has 0 aliphatic rings. The number of nitrogens with two attached hydrogens (primary N) is 1. The highest BCUT2D eigenvalue weighted by atomic mass is 19.1. The van der Waals surface area contributed by atoms with Crippen LogP contribution in [0, 0.1) is 5.82 Å². The molecule has 0 unspecified atom stereocenters. The van der Waals surface area contributed by atoms with E-state index < -0.39 is 17.7 Å². The van der Waals surface area contributed by atoms with Crippen molar-refractivity contribution in [2.24, 2.45) is 5.73 Å². The van der Waals surface area contributed by atoms with Crippen molar-refractivity contribution in [2.45, 2.75) is 0 Å². The Balaban J connectivity index is 3.11. The maximum Gasteiger partial charge on any atom is 0.323 e. The maximum absolute atomic E-state index is 13.2. The minimum atomic E-state index is -1.04. The van der Waals surface area contributed by atoms with E-state index in [4.69, 9.17) is 10.8 Å². The van der Waals surface area contributed by atoms with Crippen molar-refractivity contribution in [3.8, 4) is 0 Å². The second-order valence-electron chi connectivity index (χ2n) is 4.64. The predicted molar refractivity (Wildman–Crippen MR) is 73.3 cm³/mol. The van der Waals surface area contributed by atoms with Gasteiger partial charge in [-0.3, -0.25) is 9.59 Å². The number of carboxylic acid groups (broad SMARTS) is 1. The van der Waals surface area contributed by atoms with Gasteiger partial charge in [0.15, 0.2) is 0 Å². The smallest absolute Gasteiger partial charge is 0.323 e. The summed E-state index contributed by atoms with van der Waals surface area (Å²) in [6.07, 6.45) is 0. The molecule has 0 fully saturated rings. The first-order valence-corrected chi connectivity index (χ1v) is 6.02. The SMILES string of the molecule is CN(C)CCN(CC(=O)O)c1ccc(F)cc1C(N)=O. The van der Waals surface area contributed by atoms with Crippen LogP contribution in [-0.2, 0) is 4.79 Å². The average molecular weight is 283 g/mol. The van der Waals surface area contributed by atoms with Crippen LogP contribution in [0.1, 0.15) is 10.4 Å². The molecule has 0 saturated heterocycles. The van der Waals surface area contributed by atoms with Gasteiger partial charge < -0.3 is 20.6 Å². The van der Waals surface area contributed by atoms with Gasteiger partial charge in [-0.15, -0.1) is 0 Å². The molecule has 0 spiro atoms. The zero-order valence-corrected chi connectivity index (χ0v) is 11.5. The molecule has 1 aromatic rings. The van der Waals surface area contributed by atoms with Crippen LogP contribution >= 0.6 is 0 Å². The second kappa shape index (κ2) is 6.85. The summed E-state index contributed by atoms with van der Waals surface area (Å²) in [5.41, 5.74) is 5.52. The molecule has 7 heteroatoms. The van der Waals surface area contributed by atoms with Gasteiger partial charge in [0.25, 0.3) is 5.91 Å². The Bertz CT molecular complexity index is 506. The zero-order valence-electron chi connectivity index (χ0n) is 11.5. The predicted octanol–water partition coefficient (Wildman–Crippen LogP) is 0.377. The van der Waals surface area contributed by atoms with Gasteiger partial charge in [-0.2, -0.15) is 0 Å². The molecule has 0 saturated carbocycles. The van der Waals surface area contributed by atoms with Crippen molar-refractivity contribution < 1.29 is 19.1 Å². The number of aliphatic carboxylic acids is 1. The minimum absolute atomic E-state index is 0.0231. The lowest BCUT2D eigenvalue weighted by atomic mass is 10.1. The molecule has 0 radical (unpaired) electrons. The summed E-state index contributed by atoms with van der Waals surface area (Å²) in [4.78, 5) is 25.7. The Morgan fingerprint density at radius 3 is 2.45 bits per heavy atom. The molecular formula is C13H18FN3O3. The zero-order chi connectivity index (χ0) is 15.3. The van der Waals surface area contributed by atoms with Gasteiger partial charge in [0.05, 0.1) is 11.3 Å². The number of nitrogens with zero attached hydrogens (tertiary/aromatic N) is 2. The van der Waals surface area contributed by atoms with Crippen LogP contribution < -0.4 is 10.6 Å². The molecule has 0 aliphatic carbocycles. The van der Waals surface area contributed by atoms with Gasteiger partial charge in [-0.05, 0) is 32.3 Å². The molecule has 0 aliphatic heterocycles. The molecule has 6 nitrogen and oxygen atoms in total. The molecule has 3 N–H and O–H groups in total. The largest absolute Gasteiger partial charge is 0.480 e. The second-order valence-corrected chi connectivity index (χ2v) is 4.64. The fraction of sp³-hybridized carbons (Fsp3) is 0.385. The van der Waals surface area contributed by atoms with Crippen LogP contribution in [0.15, 0.2) is 18.2 Å². The third-order valence-electron chi connectivity index (χ3n) is 2.71. The summed E-state index contributed by atoms with van der Waals surface area (Å²) in [6, 6.07) is 3.56. The number of hydrogen-bond acceptors (Lipinski definition) is 4. The van der Waals surface area contributed by atoms with Crippen LogP contribution in [-0.4, -0.2) is 55.6 Å². The molecule has 20 heavy (non-hydrogen) atoms. The van der Waals surface area contributed by atoms with Crippen LogP contribution in [0.5, 0.6) is 0 Å². The van der Waals surface area contributed by atoms with E-state index in [0.717, 1.165) is 6.07 Å². The van der Waals surface area contributed by atoms with E-state index in [-0.39, 0.29) is 12.1 Å². The molecule has 1 amide bonds. The summed E-state index contributed by atoms with van der Waals surface area (Å²) in [6.45, 7) is 0.674. The van der Waals surface area contributed by atoms with Crippen molar-refractivity contribution in [3.05, 3.63) is 29.6 Å². The number of amides is 1. The van der Waals surface area contributed by atoms with Crippen molar-refractivity contribution in [3.63, 3.8) is 0 Å². The Morgan fingerprint density at radius 2 is 1.95 bits per heavy atom. The summed E-state index contributed by atoms with van der Waals surface area (Å²) in [7, 11) is 3.69. The van der Waals surface area contributed by atoms with Crippen molar-refractivity contribution in [1.29, 1.82) is 0 Å². The lowest BCUT2D eigenvalue weighted by Gasteiger charge is -2.26. The fourth-order valence-electron chi connectivity index (χ4n) is 1.75. The molecule has 110 valence electrons. The van der Waals surface area contributed by atoms with Gasteiger partial charge in [0.2, 0.25) is 0 Å². The number of primary amides is 1. The first-order chi connectivity index (χ1) is 9.31. The Kier molecular flexibility index (Phi) is 5.45. The maximum atomic E-state index is 13.2. The van der Waals surface area contributed by atoms with E-state index in [1.165, 1.54) is 17.0 Å². The molecule has 0 atom stereocenters. The van der Waals surface area contributed by atoms with E-state index >= 15 is 0 Å². The Labute approximate surface area is 116 Å². The molecule has 0 heterocycles. The standard InChI is InChI=1S/C13H18FN3O3/c1-16(2)5-6-17(8-12(18)19)11-4-3-9(14)7-10(11)13(15)20/h3-4,7H,5-6,8H2,1-2H3,(H2,15,20)(H,18,19). The monoisotopic (exact) mass is 283 g/mol. The van der Waals surface area contributed by atoms with E-state index in [2.05, 4.69) is 0 Å². The topological polar surface area (TPSA) is 86.9 Å². The minimum Gasteiger partial charge on any atom is -0.480 e. The Hall–Kier alpha value is -2.15. The number of halogens is 1. The van der Waals surface area contributed by atoms with Crippen LogP contribution in [0.2, 0.25) is 0 Å². The van der Waals surface area contributed by atoms with Crippen LogP contribution in [0.4, 0.5) is 10.1 Å². The van der Waals surface area contributed by atoms with E-state index in [1.807, 2.05) is 19.0 Å². The number of rotatable bonds is 7. The molecule has 0 aromatic heterocycles. The van der Waals surface area contributed by atoms with Crippen molar-refractivity contribution in [2.75, 3.05) is 38.6 Å².